The molecule has 0 aromatic heterocycles. The van der Waals surface area contributed by atoms with Crippen molar-refractivity contribution in [2.45, 2.75) is 39.5 Å². The van der Waals surface area contributed by atoms with E-state index >= 15 is 0 Å². The molecule has 0 spiro atoms. The third-order valence-electron chi connectivity index (χ3n) is 3.11. The van der Waals surface area contributed by atoms with Crippen molar-refractivity contribution in [1.29, 1.82) is 0 Å². The predicted molar refractivity (Wildman–Crippen MR) is 62.7 cm³/mol. The molecule has 0 aliphatic heterocycles. The molecule has 0 saturated heterocycles. The minimum absolute atomic E-state index is 0.143. The number of benzene rings is 1. The molecule has 1 unspecified atom stereocenters. The van der Waals surface area contributed by atoms with Crippen LogP contribution < -0.4 is 4.74 Å². The summed E-state index contributed by atoms with van der Waals surface area (Å²) in [5, 5.41) is 9.68. The van der Waals surface area contributed by atoms with Crippen molar-refractivity contribution in [2.24, 2.45) is 0 Å². The number of ether oxygens (including phenoxy) is 1. The fourth-order valence-corrected chi connectivity index (χ4v) is 1.79. The van der Waals surface area contributed by atoms with Crippen molar-refractivity contribution in [3.8, 4) is 5.75 Å². The highest BCUT2D eigenvalue weighted by atomic mass is 19.4. The van der Waals surface area contributed by atoms with Gasteiger partial charge in [-0.1, -0.05) is 6.07 Å². The van der Waals surface area contributed by atoms with Gasteiger partial charge in [-0.05, 0) is 50.5 Å². The predicted octanol–water partition coefficient (Wildman–Crippen LogP) is 3.47. The molecule has 0 aliphatic carbocycles. The minimum Gasteiger partial charge on any atom is -0.494 e. The van der Waals surface area contributed by atoms with Gasteiger partial charge in [-0.15, -0.1) is 0 Å². The first-order chi connectivity index (χ1) is 8.13. The third kappa shape index (κ3) is 2.46. The van der Waals surface area contributed by atoms with Crippen LogP contribution in [0.25, 0.3) is 0 Å². The molecular weight excluding hydrogens is 245 g/mol. The Balaban J connectivity index is 3.33. The Morgan fingerprint density at radius 2 is 1.72 bits per heavy atom. The highest BCUT2D eigenvalue weighted by Crippen LogP contribution is 2.41. The summed E-state index contributed by atoms with van der Waals surface area (Å²) in [6, 6.07) is 2.72. The molecule has 1 aromatic carbocycles. The average Bonchev–Trinajstić information content (AvgIpc) is 2.23. The Kier molecular flexibility index (Phi) is 3.96. The third-order valence-corrected chi connectivity index (χ3v) is 3.11. The molecule has 1 aromatic rings. The van der Waals surface area contributed by atoms with Crippen LogP contribution in [0.15, 0.2) is 12.1 Å². The molecule has 5 heteroatoms. The van der Waals surface area contributed by atoms with Crippen molar-refractivity contribution in [3.63, 3.8) is 0 Å². The van der Waals surface area contributed by atoms with Crippen LogP contribution in [-0.4, -0.2) is 17.9 Å². The number of hydrogen-bond donors (Lipinski definition) is 1. The molecule has 2 nitrogen and oxygen atoms in total. The van der Waals surface area contributed by atoms with Crippen molar-refractivity contribution in [3.05, 3.63) is 28.8 Å². The van der Waals surface area contributed by atoms with Gasteiger partial charge in [0.05, 0.1) is 6.61 Å². The Labute approximate surface area is 104 Å². The summed E-state index contributed by atoms with van der Waals surface area (Å²) in [5.74, 6) is 0.539. The van der Waals surface area contributed by atoms with Gasteiger partial charge in [0.1, 0.15) is 5.75 Å². The van der Waals surface area contributed by atoms with Crippen LogP contribution in [0.4, 0.5) is 13.2 Å². The van der Waals surface area contributed by atoms with Gasteiger partial charge in [0.2, 0.25) is 0 Å². The standard InChI is InChI=1S/C13H17F3O2/c1-5-18-11-7-6-10(8(2)9(11)3)12(4,17)13(14,15)16/h6-7,17H,5H2,1-4H3. The molecule has 0 saturated carbocycles. The lowest BCUT2D eigenvalue weighted by Gasteiger charge is -2.29. The first kappa shape index (κ1) is 14.8. The van der Waals surface area contributed by atoms with Crippen molar-refractivity contribution in [2.75, 3.05) is 6.61 Å². The second-order valence-electron chi connectivity index (χ2n) is 4.36. The molecule has 0 amide bonds. The van der Waals surface area contributed by atoms with E-state index in [0.717, 1.165) is 6.92 Å². The monoisotopic (exact) mass is 262 g/mol. The zero-order valence-electron chi connectivity index (χ0n) is 10.9. The highest BCUT2D eigenvalue weighted by molar-refractivity contribution is 5.46. The lowest BCUT2D eigenvalue weighted by Crippen LogP contribution is -2.39. The number of aliphatic hydroxyl groups is 1. The first-order valence-corrected chi connectivity index (χ1v) is 5.65. The van der Waals surface area contributed by atoms with Gasteiger partial charge in [-0.3, -0.25) is 0 Å². The summed E-state index contributed by atoms with van der Waals surface area (Å²) in [7, 11) is 0. The van der Waals surface area contributed by atoms with E-state index in [0.29, 0.717) is 23.5 Å². The van der Waals surface area contributed by atoms with E-state index in [-0.39, 0.29) is 5.56 Å². The van der Waals surface area contributed by atoms with E-state index < -0.39 is 11.8 Å². The summed E-state index contributed by atoms with van der Waals surface area (Å²) >= 11 is 0. The van der Waals surface area contributed by atoms with Gasteiger partial charge in [0, 0.05) is 0 Å². The maximum absolute atomic E-state index is 12.8. The van der Waals surface area contributed by atoms with Crippen LogP contribution >= 0.6 is 0 Å². The summed E-state index contributed by atoms with van der Waals surface area (Å²) < 4.78 is 43.7. The Morgan fingerprint density at radius 3 is 2.17 bits per heavy atom. The second kappa shape index (κ2) is 4.80. The van der Waals surface area contributed by atoms with E-state index in [9.17, 15) is 18.3 Å². The van der Waals surface area contributed by atoms with Gasteiger partial charge < -0.3 is 9.84 Å². The van der Waals surface area contributed by atoms with Gasteiger partial charge >= 0.3 is 6.18 Å². The zero-order valence-corrected chi connectivity index (χ0v) is 10.9. The quantitative estimate of drug-likeness (QED) is 0.903. The van der Waals surface area contributed by atoms with Gasteiger partial charge in [0.25, 0.3) is 0 Å². The molecule has 18 heavy (non-hydrogen) atoms. The summed E-state index contributed by atoms with van der Waals surface area (Å²) in [4.78, 5) is 0. The van der Waals surface area contributed by atoms with Crippen LogP contribution in [0.2, 0.25) is 0 Å². The van der Waals surface area contributed by atoms with Crippen molar-refractivity contribution in [1.82, 2.24) is 0 Å². The number of hydrogen-bond acceptors (Lipinski definition) is 2. The maximum Gasteiger partial charge on any atom is 0.421 e. The molecule has 1 atom stereocenters. The van der Waals surface area contributed by atoms with E-state index in [1.165, 1.54) is 12.1 Å². The van der Waals surface area contributed by atoms with E-state index in [1.807, 2.05) is 0 Å². The number of halogens is 3. The smallest absolute Gasteiger partial charge is 0.421 e. The zero-order chi connectivity index (χ0) is 14.1. The molecule has 0 radical (unpaired) electrons. The maximum atomic E-state index is 12.8. The van der Waals surface area contributed by atoms with Crippen LogP contribution in [0.3, 0.4) is 0 Å². The lowest BCUT2D eigenvalue weighted by atomic mass is 9.89. The second-order valence-corrected chi connectivity index (χ2v) is 4.36. The molecule has 0 heterocycles. The number of alkyl halides is 3. The highest BCUT2D eigenvalue weighted by Gasteiger charge is 2.51. The fourth-order valence-electron chi connectivity index (χ4n) is 1.79. The molecule has 102 valence electrons. The average molecular weight is 262 g/mol. The Bertz CT molecular complexity index is 437. The van der Waals surface area contributed by atoms with E-state index in [2.05, 4.69) is 0 Å². The van der Waals surface area contributed by atoms with Gasteiger partial charge in [-0.25, -0.2) is 0 Å². The number of rotatable bonds is 3. The minimum atomic E-state index is -4.71. The summed E-state index contributed by atoms with van der Waals surface area (Å²) in [6.07, 6.45) is -4.71. The molecule has 0 aliphatic rings. The molecule has 1 N–H and O–H groups in total. The summed E-state index contributed by atoms with van der Waals surface area (Å²) in [6.45, 7) is 6.22. The van der Waals surface area contributed by atoms with E-state index in [1.54, 1.807) is 20.8 Å². The topological polar surface area (TPSA) is 29.5 Å². The molecule has 0 fully saturated rings. The van der Waals surface area contributed by atoms with E-state index in [4.69, 9.17) is 4.74 Å². The van der Waals surface area contributed by atoms with Gasteiger partial charge in [0.15, 0.2) is 5.60 Å². The first-order valence-electron chi connectivity index (χ1n) is 5.65. The molecule has 0 bridgehead atoms. The Hall–Kier alpha value is -1.23. The van der Waals surface area contributed by atoms with Crippen LogP contribution in [0, 0.1) is 13.8 Å². The van der Waals surface area contributed by atoms with Gasteiger partial charge in [-0.2, -0.15) is 13.2 Å². The van der Waals surface area contributed by atoms with Crippen molar-refractivity contribution >= 4 is 0 Å². The SMILES string of the molecule is CCOc1ccc(C(C)(O)C(F)(F)F)c(C)c1C. The van der Waals surface area contributed by atoms with Crippen LogP contribution in [0.5, 0.6) is 5.75 Å². The van der Waals surface area contributed by atoms with Crippen molar-refractivity contribution < 1.29 is 23.0 Å². The fraction of sp³-hybridized carbons (Fsp3) is 0.538. The molecule has 1 rings (SSSR count). The van der Waals surface area contributed by atoms with Crippen LogP contribution in [-0.2, 0) is 5.60 Å². The Morgan fingerprint density at radius 1 is 1.17 bits per heavy atom. The lowest BCUT2D eigenvalue weighted by molar-refractivity contribution is -0.259. The normalized spacial score (nSPS) is 15.3. The summed E-state index contributed by atoms with van der Waals surface area (Å²) in [5.41, 5.74) is -2.00. The largest absolute Gasteiger partial charge is 0.494 e. The molecular formula is C13H17F3O2. The van der Waals surface area contributed by atoms with Crippen LogP contribution in [0.1, 0.15) is 30.5 Å².